The Bertz CT molecular complexity index is 554. The van der Waals surface area contributed by atoms with Crippen molar-refractivity contribution in [3.05, 3.63) is 45.8 Å². The highest BCUT2D eigenvalue weighted by atomic mass is 79.9. The van der Waals surface area contributed by atoms with Crippen molar-refractivity contribution in [3.8, 4) is 0 Å². The second-order valence-corrected chi connectivity index (χ2v) is 4.98. The van der Waals surface area contributed by atoms with Crippen LogP contribution in [0.1, 0.15) is 17.5 Å². The number of carbonyl (C=O) groups is 1. The molecule has 0 saturated carbocycles. The molecule has 2 rings (SSSR count). The van der Waals surface area contributed by atoms with Gasteiger partial charge in [-0.1, -0.05) is 22.0 Å². The number of alkyl halides is 3. The van der Waals surface area contributed by atoms with E-state index in [9.17, 15) is 23.1 Å². The number of aliphatic hydroxyl groups is 1. The van der Waals surface area contributed by atoms with E-state index in [0.29, 0.717) is 5.56 Å². The van der Waals surface area contributed by atoms with Gasteiger partial charge in [0.15, 0.2) is 0 Å². The van der Waals surface area contributed by atoms with Crippen molar-refractivity contribution in [1.29, 1.82) is 0 Å². The fourth-order valence-electron chi connectivity index (χ4n) is 1.72. The van der Waals surface area contributed by atoms with Crippen LogP contribution in [0.2, 0.25) is 0 Å². The molecule has 0 bridgehead atoms. The third-order valence-corrected chi connectivity index (χ3v) is 3.42. The molecule has 1 N–H and O–H groups in total. The van der Waals surface area contributed by atoms with Gasteiger partial charge in [-0.15, -0.1) is 0 Å². The molecule has 0 radical (unpaired) electrons. The fraction of sp³-hybridized carbons (Fsp3) is 0.250. The van der Waals surface area contributed by atoms with Gasteiger partial charge in [0.1, 0.15) is 5.76 Å². The maximum atomic E-state index is 12.5. The first-order valence-corrected chi connectivity index (χ1v) is 6.11. The molecule has 0 atom stereocenters. The van der Waals surface area contributed by atoms with E-state index in [-0.39, 0.29) is 29.1 Å². The summed E-state index contributed by atoms with van der Waals surface area (Å²) in [7, 11) is 0. The largest absolute Gasteiger partial charge is 0.510 e. The molecule has 1 heterocycles. The molecule has 1 aliphatic heterocycles. The van der Waals surface area contributed by atoms with Gasteiger partial charge in [-0.2, -0.15) is 13.2 Å². The monoisotopic (exact) mass is 335 g/mol. The van der Waals surface area contributed by atoms with E-state index < -0.39 is 11.7 Å². The predicted octanol–water partition coefficient (Wildman–Crippen LogP) is 3.60. The molecular weight excluding hydrogens is 327 g/mol. The van der Waals surface area contributed by atoms with Crippen LogP contribution in [-0.2, 0) is 17.5 Å². The molecule has 1 aromatic carbocycles. The Morgan fingerprint density at radius 1 is 1.37 bits per heavy atom. The van der Waals surface area contributed by atoms with Gasteiger partial charge in [0, 0.05) is 10.7 Å². The maximum Gasteiger partial charge on any atom is 0.416 e. The van der Waals surface area contributed by atoms with Crippen LogP contribution in [-0.4, -0.2) is 15.9 Å². The number of hydrogen-bond acceptors (Lipinski definition) is 2. The molecule has 3 nitrogen and oxygen atoms in total. The minimum atomic E-state index is -4.40. The van der Waals surface area contributed by atoms with Crippen LogP contribution in [0.25, 0.3) is 0 Å². The maximum absolute atomic E-state index is 12.5. The van der Waals surface area contributed by atoms with E-state index in [2.05, 4.69) is 15.9 Å². The minimum Gasteiger partial charge on any atom is -0.510 e. The lowest BCUT2D eigenvalue weighted by atomic mass is 10.1. The van der Waals surface area contributed by atoms with Crippen molar-refractivity contribution in [2.75, 3.05) is 0 Å². The van der Waals surface area contributed by atoms with Gasteiger partial charge in [-0.3, -0.25) is 4.79 Å². The van der Waals surface area contributed by atoms with Crippen LogP contribution in [0.3, 0.4) is 0 Å². The van der Waals surface area contributed by atoms with Crippen molar-refractivity contribution < 1.29 is 23.1 Å². The summed E-state index contributed by atoms with van der Waals surface area (Å²) in [5.74, 6) is -0.336. The summed E-state index contributed by atoms with van der Waals surface area (Å²) in [5.41, 5.74) is -0.221. The Morgan fingerprint density at radius 3 is 2.53 bits per heavy atom. The summed E-state index contributed by atoms with van der Waals surface area (Å²) >= 11 is 3.06. The Labute approximate surface area is 115 Å². The second kappa shape index (κ2) is 4.88. The summed E-state index contributed by atoms with van der Waals surface area (Å²) in [5, 5.41) is 9.21. The number of amides is 1. The smallest absolute Gasteiger partial charge is 0.416 e. The summed E-state index contributed by atoms with van der Waals surface area (Å²) in [6.45, 7) is 0.113. The zero-order valence-electron chi connectivity index (χ0n) is 9.54. The summed E-state index contributed by atoms with van der Waals surface area (Å²) in [4.78, 5) is 12.7. The number of benzene rings is 1. The van der Waals surface area contributed by atoms with Gasteiger partial charge in [0.2, 0.25) is 5.91 Å². The molecular formula is C12H9BrF3NO2. The van der Waals surface area contributed by atoms with Crippen LogP contribution < -0.4 is 0 Å². The Balaban J connectivity index is 2.21. The highest BCUT2D eigenvalue weighted by Crippen LogP contribution is 2.32. The highest BCUT2D eigenvalue weighted by molar-refractivity contribution is 9.10. The van der Waals surface area contributed by atoms with Crippen molar-refractivity contribution in [2.45, 2.75) is 19.1 Å². The fourth-order valence-corrected chi connectivity index (χ4v) is 2.23. The molecule has 19 heavy (non-hydrogen) atoms. The first-order chi connectivity index (χ1) is 8.77. The minimum absolute atomic E-state index is 0.0481. The highest BCUT2D eigenvalue weighted by Gasteiger charge is 2.31. The first kappa shape index (κ1) is 13.9. The molecule has 0 unspecified atom stereocenters. The molecule has 7 heteroatoms. The SMILES string of the molecule is O=C1CC(O)=CN1Cc1ccc(C(F)(F)F)cc1Br. The van der Waals surface area contributed by atoms with Gasteiger partial charge in [-0.05, 0) is 17.7 Å². The molecule has 0 aliphatic carbocycles. The average molecular weight is 336 g/mol. The molecule has 1 aromatic rings. The van der Waals surface area contributed by atoms with E-state index in [1.54, 1.807) is 0 Å². The van der Waals surface area contributed by atoms with Crippen LogP contribution in [0.15, 0.2) is 34.6 Å². The lowest BCUT2D eigenvalue weighted by molar-refractivity contribution is -0.137. The van der Waals surface area contributed by atoms with E-state index in [0.717, 1.165) is 12.1 Å². The van der Waals surface area contributed by atoms with Gasteiger partial charge in [0.05, 0.1) is 18.5 Å². The molecule has 0 spiro atoms. The van der Waals surface area contributed by atoms with Crippen LogP contribution >= 0.6 is 15.9 Å². The van der Waals surface area contributed by atoms with Crippen molar-refractivity contribution in [1.82, 2.24) is 4.90 Å². The normalized spacial score (nSPS) is 15.9. The van der Waals surface area contributed by atoms with Gasteiger partial charge >= 0.3 is 6.18 Å². The van der Waals surface area contributed by atoms with E-state index in [4.69, 9.17) is 0 Å². The standard InChI is InChI=1S/C12H9BrF3NO2/c13-10-3-8(12(14,15)16)2-1-7(10)5-17-6-9(18)4-11(17)19/h1-3,6,18H,4-5H2. The van der Waals surface area contributed by atoms with Gasteiger partial charge in [0.25, 0.3) is 0 Å². The van der Waals surface area contributed by atoms with Crippen molar-refractivity contribution >= 4 is 21.8 Å². The molecule has 0 saturated heterocycles. The zero-order valence-corrected chi connectivity index (χ0v) is 11.1. The number of aliphatic hydroxyl groups excluding tert-OH is 1. The van der Waals surface area contributed by atoms with Gasteiger partial charge < -0.3 is 10.0 Å². The van der Waals surface area contributed by atoms with Crippen molar-refractivity contribution in [2.24, 2.45) is 0 Å². The number of rotatable bonds is 2. The third kappa shape index (κ3) is 3.09. The summed E-state index contributed by atoms with van der Waals surface area (Å²) < 4.78 is 37.7. The zero-order chi connectivity index (χ0) is 14.2. The van der Waals surface area contributed by atoms with E-state index >= 15 is 0 Å². The molecule has 1 aliphatic rings. The topological polar surface area (TPSA) is 40.5 Å². The van der Waals surface area contributed by atoms with Crippen LogP contribution in [0.5, 0.6) is 0 Å². The lowest BCUT2D eigenvalue weighted by Gasteiger charge is -2.15. The first-order valence-electron chi connectivity index (χ1n) is 5.32. The number of hydrogen-bond donors (Lipinski definition) is 1. The molecule has 0 aromatic heterocycles. The Morgan fingerprint density at radius 2 is 2.05 bits per heavy atom. The predicted molar refractivity (Wildman–Crippen MR) is 65.0 cm³/mol. The third-order valence-electron chi connectivity index (χ3n) is 2.68. The number of halogens is 4. The van der Waals surface area contributed by atoms with Crippen LogP contribution in [0.4, 0.5) is 13.2 Å². The molecule has 102 valence electrons. The quantitative estimate of drug-likeness (QED) is 0.897. The molecule has 0 fully saturated rings. The second-order valence-electron chi connectivity index (χ2n) is 4.12. The Hall–Kier alpha value is -1.50. The lowest BCUT2D eigenvalue weighted by Crippen LogP contribution is -2.20. The summed E-state index contributed by atoms with van der Waals surface area (Å²) in [6.07, 6.45) is -3.19. The molecule has 1 amide bonds. The number of carbonyl (C=O) groups excluding carboxylic acids is 1. The van der Waals surface area contributed by atoms with Crippen LogP contribution in [0, 0.1) is 0 Å². The Kier molecular flexibility index (Phi) is 3.58. The average Bonchev–Trinajstić information content (AvgIpc) is 2.59. The summed E-state index contributed by atoms with van der Waals surface area (Å²) in [6, 6.07) is 3.24. The van der Waals surface area contributed by atoms with Crippen molar-refractivity contribution in [3.63, 3.8) is 0 Å². The van der Waals surface area contributed by atoms with E-state index in [1.165, 1.54) is 17.2 Å². The van der Waals surface area contributed by atoms with E-state index in [1.807, 2.05) is 0 Å². The van der Waals surface area contributed by atoms with Gasteiger partial charge in [-0.25, -0.2) is 0 Å². The number of nitrogens with zero attached hydrogens (tertiary/aromatic N) is 1.